The largest absolute Gasteiger partial charge is 0.465 e. The summed E-state index contributed by atoms with van der Waals surface area (Å²) in [7, 11) is 1.14. The van der Waals surface area contributed by atoms with Crippen LogP contribution in [-0.4, -0.2) is 34.2 Å². The molecule has 0 saturated carbocycles. The van der Waals surface area contributed by atoms with E-state index in [1.54, 1.807) is 6.92 Å². The normalized spacial score (nSPS) is 10.2. The number of carbonyl (C=O) groups excluding carboxylic acids is 2. The van der Waals surface area contributed by atoms with Crippen LogP contribution in [0.25, 0.3) is 0 Å². The second kappa shape index (κ2) is 5.47. The minimum atomic E-state index is -0.827. The number of halogens is 1. The molecule has 1 heterocycles. The Labute approximate surface area is 113 Å². The Hall–Kier alpha value is -2.77. The first-order chi connectivity index (χ1) is 9.51. The second-order valence-electron chi connectivity index (χ2n) is 3.88. The van der Waals surface area contributed by atoms with Gasteiger partial charge in [-0.3, -0.25) is 9.89 Å². The van der Waals surface area contributed by atoms with Crippen molar-refractivity contribution < 1.29 is 18.7 Å². The van der Waals surface area contributed by atoms with E-state index >= 15 is 0 Å². The van der Waals surface area contributed by atoms with Gasteiger partial charge >= 0.3 is 5.97 Å². The Kier molecular flexibility index (Phi) is 3.74. The molecule has 0 radical (unpaired) electrons. The molecule has 1 amide bonds. The standard InChI is InChI=1S/C12H11FN4O3/c1-6-14-10(17-16-6)11(18)15-7-3-4-9(13)8(5-7)12(19)20-2/h3-5H,1-2H3,(H,15,18)(H,14,16,17). The predicted molar refractivity (Wildman–Crippen MR) is 66.8 cm³/mol. The zero-order valence-corrected chi connectivity index (χ0v) is 10.7. The summed E-state index contributed by atoms with van der Waals surface area (Å²) < 4.78 is 17.9. The van der Waals surface area contributed by atoms with E-state index in [1.165, 1.54) is 12.1 Å². The number of H-pyrrole nitrogens is 1. The molecule has 0 spiro atoms. The minimum Gasteiger partial charge on any atom is -0.465 e. The summed E-state index contributed by atoms with van der Waals surface area (Å²) >= 11 is 0. The van der Waals surface area contributed by atoms with Gasteiger partial charge in [0.05, 0.1) is 12.7 Å². The van der Waals surface area contributed by atoms with E-state index in [1.807, 2.05) is 0 Å². The highest BCUT2D eigenvalue weighted by Crippen LogP contribution is 2.16. The number of aromatic amines is 1. The summed E-state index contributed by atoms with van der Waals surface area (Å²) in [6.45, 7) is 1.65. The van der Waals surface area contributed by atoms with Gasteiger partial charge in [0.25, 0.3) is 5.91 Å². The van der Waals surface area contributed by atoms with Crippen molar-refractivity contribution in [3.05, 3.63) is 41.2 Å². The SMILES string of the molecule is COC(=O)c1cc(NC(=O)c2n[nH]c(C)n2)ccc1F. The monoisotopic (exact) mass is 278 g/mol. The Bertz CT molecular complexity index is 668. The van der Waals surface area contributed by atoms with E-state index in [0.717, 1.165) is 13.2 Å². The molecule has 2 N–H and O–H groups in total. The number of rotatable bonds is 3. The van der Waals surface area contributed by atoms with Gasteiger partial charge in [-0.15, -0.1) is 5.10 Å². The van der Waals surface area contributed by atoms with Crippen LogP contribution in [-0.2, 0) is 4.74 Å². The van der Waals surface area contributed by atoms with Gasteiger partial charge in [0.15, 0.2) is 0 Å². The lowest BCUT2D eigenvalue weighted by Crippen LogP contribution is -2.15. The number of methoxy groups -OCH3 is 1. The molecule has 0 aliphatic heterocycles. The molecule has 104 valence electrons. The van der Waals surface area contributed by atoms with Gasteiger partial charge in [-0.1, -0.05) is 0 Å². The molecule has 2 rings (SSSR count). The highest BCUT2D eigenvalue weighted by atomic mass is 19.1. The summed E-state index contributed by atoms with van der Waals surface area (Å²) in [4.78, 5) is 27.0. The van der Waals surface area contributed by atoms with Crippen molar-refractivity contribution in [2.45, 2.75) is 6.92 Å². The van der Waals surface area contributed by atoms with Crippen LogP contribution in [0.15, 0.2) is 18.2 Å². The number of benzene rings is 1. The number of esters is 1. The molecule has 0 unspecified atom stereocenters. The van der Waals surface area contributed by atoms with E-state index in [2.05, 4.69) is 25.2 Å². The second-order valence-corrected chi connectivity index (χ2v) is 3.88. The molecule has 0 bridgehead atoms. The van der Waals surface area contributed by atoms with E-state index in [9.17, 15) is 14.0 Å². The van der Waals surface area contributed by atoms with Gasteiger partial charge in [-0.25, -0.2) is 14.2 Å². The van der Waals surface area contributed by atoms with Crippen molar-refractivity contribution in [3.63, 3.8) is 0 Å². The van der Waals surface area contributed by atoms with Crippen molar-refractivity contribution in [1.29, 1.82) is 0 Å². The lowest BCUT2D eigenvalue weighted by molar-refractivity contribution is 0.0595. The average molecular weight is 278 g/mol. The molecule has 2 aromatic rings. The van der Waals surface area contributed by atoms with Crippen LogP contribution in [0.4, 0.5) is 10.1 Å². The van der Waals surface area contributed by atoms with Crippen LogP contribution < -0.4 is 5.32 Å². The van der Waals surface area contributed by atoms with Crippen molar-refractivity contribution >= 4 is 17.6 Å². The zero-order valence-electron chi connectivity index (χ0n) is 10.7. The van der Waals surface area contributed by atoms with Crippen molar-refractivity contribution in [2.24, 2.45) is 0 Å². The molecule has 8 heteroatoms. The zero-order chi connectivity index (χ0) is 14.7. The number of aryl methyl sites for hydroxylation is 1. The van der Waals surface area contributed by atoms with E-state index in [4.69, 9.17) is 0 Å². The fourth-order valence-corrected chi connectivity index (χ4v) is 1.50. The van der Waals surface area contributed by atoms with Crippen LogP contribution in [0.3, 0.4) is 0 Å². The van der Waals surface area contributed by atoms with E-state index in [-0.39, 0.29) is 17.1 Å². The molecule has 0 atom stereocenters. The molecule has 0 fully saturated rings. The number of hydrogen-bond acceptors (Lipinski definition) is 5. The number of amides is 1. The Morgan fingerprint density at radius 3 is 2.75 bits per heavy atom. The quantitative estimate of drug-likeness (QED) is 0.824. The van der Waals surface area contributed by atoms with Crippen LogP contribution in [0.2, 0.25) is 0 Å². The average Bonchev–Trinajstić information content (AvgIpc) is 2.87. The Balaban J connectivity index is 2.22. The predicted octanol–water partition coefficient (Wildman–Crippen LogP) is 1.29. The molecule has 1 aromatic heterocycles. The number of ether oxygens (including phenoxy) is 1. The van der Waals surface area contributed by atoms with Crippen LogP contribution in [0.5, 0.6) is 0 Å². The molecule has 20 heavy (non-hydrogen) atoms. The lowest BCUT2D eigenvalue weighted by atomic mass is 10.2. The van der Waals surface area contributed by atoms with Crippen molar-refractivity contribution in [3.8, 4) is 0 Å². The van der Waals surface area contributed by atoms with Crippen LogP contribution in [0, 0.1) is 12.7 Å². The van der Waals surface area contributed by atoms with Crippen molar-refractivity contribution in [1.82, 2.24) is 15.2 Å². The smallest absolute Gasteiger partial charge is 0.340 e. The maximum Gasteiger partial charge on any atom is 0.340 e. The number of hydrogen-bond donors (Lipinski definition) is 2. The van der Waals surface area contributed by atoms with Gasteiger partial charge < -0.3 is 10.1 Å². The van der Waals surface area contributed by atoms with Gasteiger partial charge in [-0.2, -0.15) is 0 Å². The molecule has 0 saturated heterocycles. The summed E-state index contributed by atoms with van der Waals surface area (Å²) in [5.74, 6) is -1.69. The summed E-state index contributed by atoms with van der Waals surface area (Å²) in [5.41, 5.74) is -0.0317. The van der Waals surface area contributed by atoms with Crippen LogP contribution >= 0.6 is 0 Å². The summed E-state index contributed by atoms with van der Waals surface area (Å²) in [6.07, 6.45) is 0. The highest BCUT2D eigenvalue weighted by Gasteiger charge is 2.15. The fraction of sp³-hybridized carbons (Fsp3) is 0.167. The number of nitrogens with one attached hydrogen (secondary N) is 2. The fourth-order valence-electron chi connectivity index (χ4n) is 1.50. The Morgan fingerprint density at radius 2 is 2.15 bits per heavy atom. The van der Waals surface area contributed by atoms with E-state index in [0.29, 0.717) is 5.82 Å². The molecule has 1 aromatic carbocycles. The minimum absolute atomic E-state index is 0.0496. The highest BCUT2D eigenvalue weighted by molar-refractivity contribution is 6.02. The number of anilines is 1. The first kappa shape index (κ1) is 13.7. The number of nitrogens with zero attached hydrogens (tertiary/aromatic N) is 2. The van der Waals surface area contributed by atoms with E-state index < -0.39 is 17.7 Å². The first-order valence-electron chi connectivity index (χ1n) is 5.59. The van der Waals surface area contributed by atoms with Gasteiger partial charge in [0, 0.05) is 5.69 Å². The number of aromatic nitrogens is 3. The molecule has 7 nitrogen and oxygen atoms in total. The third-order valence-corrected chi connectivity index (χ3v) is 2.43. The maximum atomic E-state index is 13.4. The molecule has 0 aliphatic carbocycles. The molecular weight excluding hydrogens is 267 g/mol. The summed E-state index contributed by atoms with van der Waals surface area (Å²) in [5, 5.41) is 8.68. The lowest BCUT2D eigenvalue weighted by Gasteiger charge is -2.06. The van der Waals surface area contributed by atoms with Crippen molar-refractivity contribution in [2.75, 3.05) is 12.4 Å². The van der Waals surface area contributed by atoms with Crippen LogP contribution in [0.1, 0.15) is 26.8 Å². The van der Waals surface area contributed by atoms with Gasteiger partial charge in [0.2, 0.25) is 5.82 Å². The Morgan fingerprint density at radius 1 is 1.40 bits per heavy atom. The molecular formula is C12H11FN4O3. The first-order valence-corrected chi connectivity index (χ1v) is 5.59. The number of carbonyl (C=O) groups is 2. The van der Waals surface area contributed by atoms with Gasteiger partial charge in [-0.05, 0) is 25.1 Å². The maximum absolute atomic E-state index is 13.4. The molecule has 0 aliphatic rings. The summed E-state index contributed by atoms with van der Waals surface area (Å²) in [6, 6.07) is 3.56. The van der Waals surface area contributed by atoms with Gasteiger partial charge in [0.1, 0.15) is 11.6 Å². The topological polar surface area (TPSA) is 97.0 Å². The third-order valence-electron chi connectivity index (χ3n) is 2.43. The third kappa shape index (κ3) is 2.79.